The maximum absolute atomic E-state index is 5.93. The van der Waals surface area contributed by atoms with Crippen LogP contribution < -0.4 is 9.47 Å². The quantitative estimate of drug-likeness (QED) is 0.464. The third-order valence-electron chi connectivity index (χ3n) is 4.72. The third-order valence-corrected chi connectivity index (χ3v) is 5.58. The van der Waals surface area contributed by atoms with Crippen molar-refractivity contribution in [2.45, 2.75) is 19.9 Å². The number of methoxy groups -OCH3 is 1. The maximum Gasteiger partial charge on any atom is 0.157 e. The van der Waals surface area contributed by atoms with Crippen molar-refractivity contribution < 1.29 is 9.47 Å². The van der Waals surface area contributed by atoms with E-state index in [1.54, 1.807) is 18.4 Å². The van der Waals surface area contributed by atoms with Crippen molar-refractivity contribution in [3.8, 4) is 23.0 Å². The van der Waals surface area contributed by atoms with Crippen molar-refractivity contribution >= 4 is 21.6 Å². The molecule has 0 aliphatic heterocycles. The van der Waals surface area contributed by atoms with Gasteiger partial charge < -0.3 is 18.6 Å². The fraction of sp³-hybridized carbons (Fsp3) is 0.286. The summed E-state index contributed by atoms with van der Waals surface area (Å²) in [5, 5.41) is 2.13. The number of nitrogens with zero attached hydrogens (tertiary/aromatic N) is 3. The van der Waals surface area contributed by atoms with Gasteiger partial charge in [0.1, 0.15) is 18.1 Å². The van der Waals surface area contributed by atoms with E-state index in [2.05, 4.69) is 46.8 Å². The van der Waals surface area contributed by atoms with Crippen LogP contribution in [0, 0.1) is 0 Å². The zero-order valence-electron chi connectivity index (χ0n) is 15.8. The van der Waals surface area contributed by atoms with Crippen LogP contribution in [0.1, 0.15) is 12.6 Å². The summed E-state index contributed by atoms with van der Waals surface area (Å²) in [4.78, 5) is 4.86. The summed E-state index contributed by atoms with van der Waals surface area (Å²) in [7, 11) is 3.76. The molecule has 5 nitrogen and oxygen atoms in total. The van der Waals surface area contributed by atoms with Crippen LogP contribution in [0.15, 0.2) is 48.0 Å². The van der Waals surface area contributed by atoms with Gasteiger partial charge in [0.2, 0.25) is 0 Å². The average Bonchev–Trinajstić information content (AvgIpc) is 3.38. The zero-order valence-corrected chi connectivity index (χ0v) is 16.6. The molecule has 0 spiro atoms. The Morgan fingerprint density at radius 1 is 1.15 bits per heavy atom. The number of fused-ring (bicyclic) bond motifs is 1. The SMILES string of the molecule is CCc1cn(CCOc2cccc(OC)c2)c(-c2cc3sccc3n2C)n1. The Kier molecular flexibility index (Phi) is 4.90. The Labute approximate surface area is 162 Å². The molecule has 4 rings (SSSR count). The van der Waals surface area contributed by atoms with Gasteiger partial charge in [0.05, 0.1) is 35.3 Å². The molecule has 0 radical (unpaired) electrons. The molecule has 0 bridgehead atoms. The van der Waals surface area contributed by atoms with E-state index in [1.165, 1.54) is 10.2 Å². The van der Waals surface area contributed by atoms with Crippen molar-refractivity contribution in [2.75, 3.05) is 13.7 Å². The normalized spacial score (nSPS) is 11.2. The minimum atomic E-state index is 0.568. The van der Waals surface area contributed by atoms with E-state index in [0.29, 0.717) is 6.61 Å². The minimum Gasteiger partial charge on any atom is -0.497 e. The fourth-order valence-electron chi connectivity index (χ4n) is 3.23. The predicted octanol–water partition coefficient (Wildman–Crippen LogP) is 4.75. The second-order valence-corrected chi connectivity index (χ2v) is 7.34. The number of imidazole rings is 1. The van der Waals surface area contributed by atoms with Crippen LogP contribution in [-0.2, 0) is 20.0 Å². The van der Waals surface area contributed by atoms with Gasteiger partial charge in [-0.1, -0.05) is 13.0 Å². The van der Waals surface area contributed by atoms with Crippen LogP contribution >= 0.6 is 11.3 Å². The fourth-order valence-corrected chi connectivity index (χ4v) is 4.08. The predicted molar refractivity (Wildman–Crippen MR) is 110 cm³/mol. The van der Waals surface area contributed by atoms with Gasteiger partial charge in [0, 0.05) is 19.3 Å². The molecule has 3 heterocycles. The van der Waals surface area contributed by atoms with Gasteiger partial charge >= 0.3 is 0 Å². The van der Waals surface area contributed by atoms with Crippen molar-refractivity contribution in [1.82, 2.24) is 14.1 Å². The smallest absolute Gasteiger partial charge is 0.157 e. The van der Waals surface area contributed by atoms with Gasteiger partial charge in [0.15, 0.2) is 5.82 Å². The summed E-state index contributed by atoms with van der Waals surface area (Å²) in [5.41, 5.74) is 3.48. The number of rotatable bonds is 7. The van der Waals surface area contributed by atoms with E-state index in [0.717, 1.165) is 41.7 Å². The van der Waals surface area contributed by atoms with Crippen LogP contribution in [0.2, 0.25) is 0 Å². The summed E-state index contributed by atoms with van der Waals surface area (Å²) >= 11 is 1.76. The molecule has 0 fully saturated rings. The second-order valence-electron chi connectivity index (χ2n) is 6.39. The molecule has 0 aliphatic carbocycles. The lowest BCUT2D eigenvalue weighted by atomic mass is 10.3. The monoisotopic (exact) mass is 381 g/mol. The Bertz CT molecular complexity index is 1060. The lowest BCUT2D eigenvalue weighted by molar-refractivity contribution is 0.297. The highest BCUT2D eigenvalue weighted by atomic mass is 32.1. The molecule has 0 saturated carbocycles. The highest BCUT2D eigenvalue weighted by molar-refractivity contribution is 7.17. The van der Waals surface area contributed by atoms with E-state index in [4.69, 9.17) is 14.5 Å². The van der Waals surface area contributed by atoms with Crippen LogP contribution in [0.25, 0.3) is 21.7 Å². The van der Waals surface area contributed by atoms with E-state index >= 15 is 0 Å². The third kappa shape index (κ3) is 3.45. The van der Waals surface area contributed by atoms with Crippen LogP contribution in [0.5, 0.6) is 11.5 Å². The highest BCUT2D eigenvalue weighted by Crippen LogP contribution is 2.30. The molecule has 0 amide bonds. The van der Waals surface area contributed by atoms with E-state index in [1.807, 2.05) is 24.3 Å². The largest absolute Gasteiger partial charge is 0.497 e. The summed E-state index contributed by atoms with van der Waals surface area (Å²) in [6.45, 7) is 3.43. The first-order valence-electron chi connectivity index (χ1n) is 9.05. The number of aromatic nitrogens is 3. The van der Waals surface area contributed by atoms with E-state index in [9.17, 15) is 0 Å². The number of benzene rings is 1. The standard InChI is InChI=1S/C21H23N3O2S/c1-4-15-14-24(9-10-26-17-7-5-6-16(12-17)25-3)21(22-15)19-13-20-18(23(19)2)8-11-27-20/h5-8,11-14H,4,9-10H2,1-3H3. The topological polar surface area (TPSA) is 41.2 Å². The Hall–Kier alpha value is -2.73. The van der Waals surface area contributed by atoms with Crippen LogP contribution in [0.3, 0.4) is 0 Å². The molecule has 0 aliphatic rings. The van der Waals surface area contributed by atoms with Crippen molar-refractivity contribution in [3.05, 3.63) is 53.7 Å². The highest BCUT2D eigenvalue weighted by Gasteiger charge is 2.15. The molecule has 4 aromatic rings. The van der Waals surface area contributed by atoms with Gasteiger partial charge in [-0.3, -0.25) is 0 Å². The van der Waals surface area contributed by atoms with Gasteiger partial charge in [-0.15, -0.1) is 11.3 Å². The van der Waals surface area contributed by atoms with Crippen molar-refractivity contribution in [3.63, 3.8) is 0 Å². The number of hydrogen-bond donors (Lipinski definition) is 0. The molecular weight excluding hydrogens is 358 g/mol. The first-order chi connectivity index (χ1) is 13.2. The molecule has 6 heteroatoms. The lowest BCUT2D eigenvalue weighted by Gasteiger charge is -2.11. The number of aryl methyl sites for hydroxylation is 2. The number of ether oxygens (including phenoxy) is 2. The summed E-state index contributed by atoms with van der Waals surface area (Å²) in [5.74, 6) is 2.60. The minimum absolute atomic E-state index is 0.568. The molecular formula is C21H23N3O2S. The second kappa shape index (κ2) is 7.48. The molecule has 3 aromatic heterocycles. The van der Waals surface area contributed by atoms with Crippen molar-refractivity contribution in [2.24, 2.45) is 7.05 Å². The van der Waals surface area contributed by atoms with E-state index < -0.39 is 0 Å². The zero-order chi connectivity index (χ0) is 18.8. The summed E-state index contributed by atoms with van der Waals surface area (Å²) < 4.78 is 16.9. The van der Waals surface area contributed by atoms with Gasteiger partial charge in [-0.25, -0.2) is 4.98 Å². The van der Waals surface area contributed by atoms with Crippen molar-refractivity contribution in [1.29, 1.82) is 0 Å². The Morgan fingerprint density at radius 3 is 2.78 bits per heavy atom. The molecule has 0 N–H and O–H groups in total. The Balaban J connectivity index is 1.56. The number of hydrogen-bond acceptors (Lipinski definition) is 4. The summed E-state index contributed by atoms with van der Waals surface area (Å²) in [6.07, 6.45) is 3.04. The first kappa shape index (κ1) is 17.7. The number of thiophene rings is 1. The summed E-state index contributed by atoms with van der Waals surface area (Å²) in [6, 6.07) is 12.1. The average molecular weight is 382 g/mol. The van der Waals surface area contributed by atoms with Gasteiger partial charge in [-0.05, 0) is 36.1 Å². The molecule has 27 heavy (non-hydrogen) atoms. The van der Waals surface area contributed by atoms with Gasteiger partial charge in [0.25, 0.3) is 0 Å². The first-order valence-corrected chi connectivity index (χ1v) is 9.93. The molecule has 1 aromatic carbocycles. The molecule has 140 valence electrons. The van der Waals surface area contributed by atoms with Crippen LogP contribution in [-0.4, -0.2) is 27.8 Å². The molecule has 0 saturated heterocycles. The Morgan fingerprint density at radius 2 is 2.00 bits per heavy atom. The lowest BCUT2D eigenvalue weighted by Crippen LogP contribution is -2.09. The molecule has 0 atom stereocenters. The van der Waals surface area contributed by atoms with Crippen LogP contribution in [0.4, 0.5) is 0 Å². The van der Waals surface area contributed by atoms with Gasteiger partial charge in [-0.2, -0.15) is 0 Å². The van der Waals surface area contributed by atoms with E-state index in [-0.39, 0.29) is 0 Å². The molecule has 0 unspecified atom stereocenters. The maximum atomic E-state index is 5.93.